The third-order valence-electron chi connectivity index (χ3n) is 3.76. The van der Waals surface area contributed by atoms with Crippen LogP contribution in [-0.2, 0) is 6.42 Å². The number of halogens is 1. The predicted octanol–water partition coefficient (Wildman–Crippen LogP) is 5.32. The molecule has 1 atom stereocenters. The maximum atomic E-state index is 5.99. The molecule has 0 aliphatic carbocycles. The quantitative estimate of drug-likeness (QED) is 0.729. The summed E-state index contributed by atoms with van der Waals surface area (Å²) in [5, 5.41) is 4.44. The largest absolute Gasteiger partial charge is 0.310 e. The molecule has 0 bridgehead atoms. The van der Waals surface area contributed by atoms with Gasteiger partial charge in [-0.05, 0) is 56.0 Å². The van der Waals surface area contributed by atoms with Crippen LogP contribution >= 0.6 is 11.6 Å². The average molecular weight is 302 g/mol. The van der Waals surface area contributed by atoms with Crippen LogP contribution in [0.5, 0.6) is 0 Å². The van der Waals surface area contributed by atoms with Gasteiger partial charge in [0.05, 0.1) is 0 Å². The van der Waals surface area contributed by atoms with Gasteiger partial charge in [0.1, 0.15) is 0 Å². The molecule has 0 fully saturated rings. The van der Waals surface area contributed by atoms with Gasteiger partial charge in [-0.2, -0.15) is 0 Å². The maximum absolute atomic E-state index is 5.99. The minimum Gasteiger partial charge on any atom is -0.310 e. The highest BCUT2D eigenvalue weighted by atomic mass is 35.5. The Kier molecular flexibility index (Phi) is 6.28. The second-order valence-electron chi connectivity index (χ2n) is 5.58. The van der Waals surface area contributed by atoms with Crippen molar-refractivity contribution in [2.24, 2.45) is 0 Å². The summed E-state index contributed by atoms with van der Waals surface area (Å²) in [5.41, 5.74) is 4.04. The first-order valence-corrected chi connectivity index (χ1v) is 8.11. The van der Waals surface area contributed by atoms with Gasteiger partial charge in [0, 0.05) is 11.1 Å². The lowest BCUT2D eigenvalue weighted by molar-refractivity contribution is 0.499. The van der Waals surface area contributed by atoms with E-state index >= 15 is 0 Å². The lowest BCUT2D eigenvalue weighted by Crippen LogP contribution is -2.22. The topological polar surface area (TPSA) is 12.0 Å². The summed E-state index contributed by atoms with van der Waals surface area (Å²) in [6, 6.07) is 17.4. The molecule has 0 aliphatic heterocycles. The van der Waals surface area contributed by atoms with Crippen molar-refractivity contribution in [2.75, 3.05) is 6.54 Å². The Balaban J connectivity index is 2.02. The van der Waals surface area contributed by atoms with Crippen molar-refractivity contribution < 1.29 is 0 Å². The van der Waals surface area contributed by atoms with E-state index in [1.54, 1.807) is 0 Å². The molecular weight excluding hydrogens is 278 g/mol. The van der Waals surface area contributed by atoms with E-state index < -0.39 is 0 Å². The molecule has 1 nitrogen and oxygen atoms in total. The normalized spacial score (nSPS) is 12.3. The van der Waals surface area contributed by atoms with Crippen LogP contribution in [0.25, 0.3) is 0 Å². The molecule has 2 heteroatoms. The fraction of sp³-hybridized carbons (Fsp3) is 0.368. The van der Waals surface area contributed by atoms with E-state index in [-0.39, 0.29) is 0 Å². The Bertz CT molecular complexity index is 530. The van der Waals surface area contributed by atoms with Crippen molar-refractivity contribution in [1.82, 2.24) is 5.32 Å². The van der Waals surface area contributed by atoms with Gasteiger partial charge in [0.15, 0.2) is 0 Å². The van der Waals surface area contributed by atoms with E-state index in [1.165, 1.54) is 16.7 Å². The van der Waals surface area contributed by atoms with Crippen molar-refractivity contribution in [3.05, 3.63) is 70.2 Å². The molecule has 21 heavy (non-hydrogen) atoms. The summed E-state index contributed by atoms with van der Waals surface area (Å²) in [6.07, 6.45) is 3.34. The van der Waals surface area contributed by atoms with Crippen molar-refractivity contribution in [3.63, 3.8) is 0 Å². The lowest BCUT2D eigenvalue weighted by Gasteiger charge is -2.19. The van der Waals surface area contributed by atoms with Gasteiger partial charge in [-0.25, -0.2) is 0 Å². The molecule has 2 rings (SSSR count). The van der Waals surface area contributed by atoms with Gasteiger partial charge < -0.3 is 5.32 Å². The highest BCUT2D eigenvalue weighted by Crippen LogP contribution is 2.21. The van der Waals surface area contributed by atoms with Crippen molar-refractivity contribution in [2.45, 2.75) is 39.2 Å². The molecule has 0 saturated carbocycles. The summed E-state index contributed by atoms with van der Waals surface area (Å²) in [5.74, 6) is 0. The first-order valence-electron chi connectivity index (χ1n) is 7.73. The molecule has 0 heterocycles. The van der Waals surface area contributed by atoms with Crippen LogP contribution in [0.15, 0.2) is 48.5 Å². The van der Waals surface area contributed by atoms with Gasteiger partial charge >= 0.3 is 0 Å². The Hall–Kier alpha value is -1.31. The van der Waals surface area contributed by atoms with Crippen LogP contribution in [0.4, 0.5) is 0 Å². The number of nitrogens with one attached hydrogen (secondary N) is 1. The average Bonchev–Trinajstić information content (AvgIpc) is 2.50. The van der Waals surface area contributed by atoms with Gasteiger partial charge in [0.25, 0.3) is 0 Å². The van der Waals surface area contributed by atoms with Gasteiger partial charge in [-0.15, -0.1) is 0 Å². The molecule has 2 aromatic carbocycles. The maximum Gasteiger partial charge on any atom is 0.0406 e. The Morgan fingerprint density at radius 2 is 1.67 bits per heavy atom. The van der Waals surface area contributed by atoms with E-state index in [0.29, 0.717) is 6.04 Å². The van der Waals surface area contributed by atoms with E-state index in [4.69, 9.17) is 11.6 Å². The third kappa shape index (κ3) is 5.18. The lowest BCUT2D eigenvalue weighted by atomic mass is 9.98. The second-order valence-corrected chi connectivity index (χ2v) is 6.02. The molecule has 0 saturated heterocycles. The van der Waals surface area contributed by atoms with Gasteiger partial charge in [-0.3, -0.25) is 0 Å². The standard InChI is InChI=1S/C19H24ClN/c1-3-14-21-19(17-9-11-18(20)12-10-17)13-8-16-6-4-15(2)5-7-16/h4-7,9-12,19,21H,3,8,13-14H2,1-2H3. The fourth-order valence-corrected chi connectivity index (χ4v) is 2.59. The summed E-state index contributed by atoms with van der Waals surface area (Å²) < 4.78 is 0. The van der Waals surface area contributed by atoms with Crippen LogP contribution in [0.2, 0.25) is 5.02 Å². The number of aryl methyl sites for hydroxylation is 2. The molecule has 112 valence electrons. The summed E-state index contributed by atoms with van der Waals surface area (Å²) in [4.78, 5) is 0. The molecular formula is C19H24ClN. The molecule has 1 N–H and O–H groups in total. The highest BCUT2D eigenvalue weighted by Gasteiger charge is 2.10. The van der Waals surface area contributed by atoms with Crippen molar-refractivity contribution in [1.29, 1.82) is 0 Å². The second kappa shape index (κ2) is 8.21. The summed E-state index contributed by atoms with van der Waals surface area (Å²) in [6.45, 7) is 5.37. The number of benzene rings is 2. The zero-order valence-corrected chi connectivity index (χ0v) is 13.7. The van der Waals surface area contributed by atoms with E-state index in [1.807, 2.05) is 12.1 Å². The van der Waals surface area contributed by atoms with E-state index in [0.717, 1.165) is 30.8 Å². The number of hydrogen-bond donors (Lipinski definition) is 1. The Morgan fingerprint density at radius 1 is 1.00 bits per heavy atom. The Labute approximate surface area is 133 Å². The summed E-state index contributed by atoms with van der Waals surface area (Å²) in [7, 11) is 0. The van der Waals surface area contributed by atoms with Crippen LogP contribution < -0.4 is 5.32 Å². The predicted molar refractivity (Wildman–Crippen MR) is 92.0 cm³/mol. The molecule has 0 spiro atoms. The first kappa shape index (κ1) is 16.1. The highest BCUT2D eigenvalue weighted by molar-refractivity contribution is 6.30. The monoisotopic (exact) mass is 301 g/mol. The van der Waals surface area contributed by atoms with Crippen LogP contribution in [0, 0.1) is 6.92 Å². The molecule has 0 aromatic heterocycles. The zero-order chi connectivity index (χ0) is 15.1. The number of hydrogen-bond acceptors (Lipinski definition) is 1. The van der Waals surface area contributed by atoms with Crippen molar-refractivity contribution in [3.8, 4) is 0 Å². The van der Waals surface area contributed by atoms with E-state index in [2.05, 4.69) is 55.6 Å². The SMILES string of the molecule is CCCNC(CCc1ccc(C)cc1)c1ccc(Cl)cc1. The van der Waals surface area contributed by atoms with Crippen LogP contribution in [0.3, 0.4) is 0 Å². The molecule has 2 aromatic rings. The van der Waals surface area contributed by atoms with Crippen LogP contribution in [-0.4, -0.2) is 6.54 Å². The van der Waals surface area contributed by atoms with Gasteiger partial charge in [-0.1, -0.05) is 60.5 Å². The smallest absolute Gasteiger partial charge is 0.0406 e. The molecule has 0 radical (unpaired) electrons. The van der Waals surface area contributed by atoms with Gasteiger partial charge in [0.2, 0.25) is 0 Å². The molecule has 0 aliphatic rings. The molecule has 0 amide bonds. The minimum absolute atomic E-state index is 0.392. The zero-order valence-electron chi connectivity index (χ0n) is 12.9. The fourth-order valence-electron chi connectivity index (χ4n) is 2.47. The van der Waals surface area contributed by atoms with E-state index in [9.17, 15) is 0 Å². The number of rotatable bonds is 7. The first-order chi connectivity index (χ1) is 10.2. The third-order valence-corrected chi connectivity index (χ3v) is 4.01. The van der Waals surface area contributed by atoms with Crippen molar-refractivity contribution >= 4 is 11.6 Å². The van der Waals surface area contributed by atoms with Crippen LogP contribution in [0.1, 0.15) is 42.5 Å². The summed E-state index contributed by atoms with van der Waals surface area (Å²) >= 11 is 5.99. The minimum atomic E-state index is 0.392. The molecule has 1 unspecified atom stereocenters. The Morgan fingerprint density at radius 3 is 2.29 bits per heavy atom.